The average molecular weight is 362 g/mol. The first-order chi connectivity index (χ1) is 13.2. The van der Waals surface area contributed by atoms with Gasteiger partial charge in [-0.3, -0.25) is 9.79 Å². The summed E-state index contributed by atoms with van der Waals surface area (Å²) in [6.45, 7) is 2.68. The molecule has 5 nitrogen and oxygen atoms in total. The number of anilines is 1. The zero-order chi connectivity index (χ0) is 18.7. The standard InChI is InChI=1S/C22H26N4O/c1-23-20(27)17-8-6-16(7-9-17)15-25-21-22(10-12-24-13-11-22)14-18-4-2-3-5-19(18)26-21/h2-9,24H,10-15H2,1H3,(H,23,27)(H,25,26). The Balaban J connectivity index is 1.59. The summed E-state index contributed by atoms with van der Waals surface area (Å²) in [5, 5.41) is 9.75. The lowest BCUT2D eigenvalue weighted by molar-refractivity contribution is 0.0963. The SMILES string of the molecule is CNC(=O)c1ccc(CN=C2Nc3ccccc3CC23CCNCC3)cc1. The third-order valence-electron chi connectivity index (χ3n) is 5.73. The first kappa shape index (κ1) is 17.7. The number of hydrogen-bond donors (Lipinski definition) is 3. The Labute approximate surface area is 160 Å². The van der Waals surface area contributed by atoms with Gasteiger partial charge in [0, 0.05) is 23.7 Å². The molecule has 1 spiro atoms. The number of rotatable bonds is 3. The fourth-order valence-corrected chi connectivity index (χ4v) is 4.11. The maximum absolute atomic E-state index is 11.7. The van der Waals surface area contributed by atoms with Gasteiger partial charge in [0.05, 0.1) is 6.54 Å². The predicted octanol–water partition coefficient (Wildman–Crippen LogP) is 2.98. The van der Waals surface area contributed by atoms with Gasteiger partial charge in [-0.15, -0.1) is 0 Å². The predicted molar refractivity (Wildman–Crippen MR) is 109 cm³/mol. The summed E-state index contributed by atoms with van der Waals surface area (Å²) in [5.74, 6) is 1.05. The first-order valence-electron chi connectivity index (χ1n) is 9.62. The van der Waals surface area contributed by atoms with Crippen molar-refractivity contribution >= 4 is 17.4 Å². The van der Waals surface area contributed by atoms with Crippen molar-refractivity contribution in [3.05, 3.63) is 65.2 Å². The number of amides is 1. The summed E-state index contributed by atoms with van der Waals surface area (Å²) in [4.78, 5) is 16.7. The first-order valence-corrected chi connectivity index (χ1v) is 9.62. The molecule has 2 aromatic rings. The molecule has 140 valence electrons. The van der Waals surface area contributed by atoms with Crippen LogP contribution in [0.3, 0.4) is 0 Å². The van der Waals surface area contributed by atoms with Gasteiger partial charge < -0.3 is 16.0 Å². The number of piperidine rings is 1. The molecule has 1 saturated heterocycles. The summed E-state index contributed by atoms with van der Waals surface area (Å²) in [6, 6.07) is 16.2. The van der Waals surface area contributed by atoms with Crippen LogP contribution in [0.25, 0.3) is 0 Å². The van der Waals surface area contributed by atoms with E-state index in [2.05, 4.69) is 40.2 Å². The zero-order valence-electron chi connectivity index (χ0n) is 15.7. The van der Waals surface area contributed by atoms with Crippen molar-refractivity contribution in [2.45, 2.75) is 25.8 Å². The zero-order valence-corrected chi connectivity index (χ0v) is 15.7. The molecule has 3 N–H and O–H groups in total. The summed E-state index contributed by atoms with van der Waals surface area (Å²) >= 11 is 0. The molecule has 0 aromatic heterocycles. The highest BCUT2D eigenvalue weighted by Gasteiger charge is 2.40. The second kappa shape index (κ2) is 7.53. The molecule has 0 unspecified atom stereocenters. The van der Waals surface area contributed by atoms with Crippen LogP contribution >= 0.6 is 0 Å². The van der Waals surface area contributed by atoms with E-state index in [1.165, 1.54) is 11.3 Å². The molecule has 5 heteroatoms. The van der Waals surface area contributed by atoms with E-state index in [0.717, 1.165) is 43.8 Å². The van der Waals surface area contributed by atoms with Crippen molar-refractivity contribution in [2.24, 2.45) is 10.4 Å². The van der Waals surface area contributed by atoms with Gasteiger partial charge in [-0.05, 0) is 61.7 Å². The van der Waals surface area contributed by atoms with Crippen LogP contribution in [-0.2, 0) is 13.0 Å². The van der Waals surface area contributed by atoms with Crippen LogP contribution in [0.1, 0.15) is 34.3 Å². The lowest BCUT2D eigenvalue weighted by Crippen LogP contribution is -2.48. The highest BCUT2D eigenvalue weighted by atomic mass is 16.1. The van der Waals surface area contributed by atoms with Crippen molar-refractivity contribution in [3.63, 3.8) is 0 Å². The Morgan fingerprint density at radius 2 is 1.85 bits per heavy atom. The maximum Gasteiger partial charge on any atom is 0.251 e. The summed E-state index contributed by atoms with van der Waals surface area (Å²) in [7, 11) is 1.65. The molecule has 2 aromatic carbocycles. The van der Waals surface area contributed by atoms with Gasteiger partial charge in [-0.2, -0.15) is 0 Å². The van der Waals surface area contributed by atoms with Gasteiger partial charge in [0.1, 0.15) is 5.84 Å². The fourth-order valence-electron chi connectivity index (χ4n) is 4.11. The summed E-state index contributed by atoms with van der Waals surface area (Å²) < 4.78 is 0. The van der Waals surface area contributed by atoms with Crippen molar-refractivity contribution in [1.29, 1.82) is 0 Å². The average Bonchev–Trinajstić information content (AvgIpc) is 2.72. The van der Waals surface area contributed by atoms with Crippen molar-refractivity contribution < 1.29 is 4.79 Å². The Bertz CT molecular complexity index is 851. The van der Waals surface area contributed by atoms with Crippen molar-refractivity contribution in [1.82, 2.24) is 10.6 Å². The number of carbonyl (C=O) groups excluding carboxylic acids is 1. The van der Waals surface area contributed by atoms with E-state index in [4.69, 9.17) is 4.99 Å². The minimum atomic E-state index is -0.0629. The van der Waals surface area contributed by atoms with E-state index in [-0.39, 0.29) is 11.3 Å². The normalized spacial score (nSPS) is 19.4. The van der Waals surface area contributed by atoms with Crippen LogP contribution < -0.4 is 16.0 Å². The van der Waals surface area contributed by atoms with E-state index in [9.17, 15) is 4.79 Å². The second-order valence-corrected chi connectivity index (χ2v) is 7.43. The maximum atomic E-state index is 11.7. The quantitative estimate of drug-likeness (QED) is 0.786. The fraction of sp³-hybridized carbons (Fsp3) is 0.364. The minimum Gasteiger partial charge on any atom is -0.355 e. The lowest BCUT2D eigenvalue weighted by atomic mass is 9.71. The Morgan fingerprint density at radius 3 is 2.59 bits per heavy atom. The molecule has 0 bridgehead atoms. The number of benzene rings is 2. The number of hydrogen-bond acceptors (Lipinski definition) is 3. The molecule has 0 atom stereocenters. The topological polar surface area (TPSA) is 65.5 Å². The third kappa shape index (κ3) is 3.60. The summed E-state index contributed by atoms with van der Waals surface area (Å²) in [6.07, 6.45) is 3.25. The molecule has 2 aliphatic rings. The molecular formula is C22H26N4O. The number of amidine groups is 1. The monoisotopic (exact) mass is 362 g/mol. The number of aliphatic imine (C=N–C) groups is 1. The highest BCUT2D eigenvalue weighted by Crippen LogP contribution is 2.40. The van der Waals surface area contributed by atoms with Crippen molar-refractivity contribution in [3.8, 4) is 0 Å². The lowest BCUT2D eigenvalue weighted by Gasteiger charge is -2.42. The largest absolute Gasteiger partial charge is 0.355 e. The molecule has 1 fully saturated rings. The molecule has 1 amide bonds. The number of para-hydroxylation sites is 1. The van der Waals surface area contributed by atoms with Gasteiger partial charge in [-0.25, -0.2) is 0 Å². The number of fused-ring (bicyclic) bond motifs is 1. The van der Waals surface area contributed by atoms with Crippen LogP contribution in [0.5, 0.6) is 0 Å². The van der Waals surface area contributed by atoms with E-state index in [1.807, 2.05) is 24.3 Å². The Morgan fingerprint density at radius 1 is 1.11 bits per heavy atom. The molecule has 2 heterocycles. The molecule has 2 aliphatic heterocycles. The van der Waals surface area contributed by atoms with Crippen LogP contribution in [0.15, 0.2) is 53.5 Å². The molecule has 0 saturated carbocycles. The van der Waals surface area contributed by atoms with Crippen molar-refractivity contribution in [2.75, 3.05) is 25.5 Å². The number of carbonyl (C=O) groups is 1. The molecule has 27 heavy (non-hydrogen) atoms. The van der Waals surface area contributed by atoms with E-state index >= 15 is 0 Å². The second-order valence-electron chi connectivity index (χ2n) is 7.43. The van der Waals surface area contributed by atoms with Gasteiger partial charge in [0.2, 0.25) is 0 Å². The summed E-state index contributed by atoms with van der Waals surface area (Å²) in [5.41, 5.74) is 4.44. The molecule has 4 rings (SSSR count). The smallest absolute Gasteiger partial charge is 0.251 e. The highest BCUT2D eigenvalue weighted by molar-refractivity contribution is 6.02. The Hall–Kier alpha value is -2.66. The molecule has 0 aliphatic carbocycles. The van der Waals surface area contributed by atoms with E-state index < -0.39 is 0 Å². The van der Waals surface area contributed by atoms with E-state index in [1.54, 1.807) is 7.05 Å². The van der Waals surface area contributed by atoms with Crippen LogP contribution in [0, 0.1) is 5.41 Å². The molecule has 0 radical (unpaired) electrons. The van der Waals surface area contributed by atoms with Crippen LogP contribution in [-0.4, -0.2) is 31.9 Å². The third-order valence-corrected chi connectivity index (χ3v) is 5.73. The number of nitrogens with one attached hydrogen (secondary N) is 3. The Kier molecular flexibility index (Phi) is 4.94. The van der Waals surface area contributed by atoms with Crippen LogP contribution in [0.2, 0.25) is 0 Å². The van der Waals surface area contributed by atoms with Gasteiger partial charge >= 0.3 is 0 Å². The van der Waals surface area contributed by atoms with Gasteiger partial charge in [0.25, 0.3) is 5.91 Å². The van der Waals surface area contributed by atoms with Gasteiger partial charge in [0.15, 0.2) is 0 Å². The van der Waals surface area contributed by atoms with Gasteiger partial charge in [-0.1, -0.05) is 30.3 Å². The minimum absolute atomic E-state index is 0.0629. The van der Waals surface area contributed by atoms with Crippen LogP contribution in [0.4, 0.5) is 5.69 Å². The van der Waals surface area contributed by atoms with E-state index in [0.29, 0.717) is 12.1 Å². The number of nitrogens with zero attached hydrogens (tertiary/aromatic N) is 1. The molecular weight excluding hydrogens is 336 g/mol.